The summed E-state index contributed by atoms with van der Waals surface area (Å²) in [6, 6.07) is 17.0. The number of aryl methyl sites for hydroxylation is 2. The monoisotopic (exact) mass is 361 g/mol. The lowest BCUT2D eigenvalue weighted by molar-refractivity contribution is -0.112. The third kappa shape index (κ3) is 3.58. The highest BCUT2D eigenvalue weighted by Crippen LogP contribution is 2.25. The maximum atomic E-state index is 12.5. The SMILES string of the molecule is Cc1ccccc1NC(=O)/C(C#N)=C/c1cc2cccc(C)c2nc1Cl. The lowest BCUT2D eigenvalue weighted by Crippen LogP contribution is -2.14. The number of pyridine rings is 1. The van der Waals surface area contributed by atoms with Gasteiger partial charge in [0, 0.05) is 16.6 Å². The van der Waals surface area contributed by atoms with Gasteiger partial charge < -0.3 is 5.32 Å². The Hall–Kier alpha value is -3.16. The van der Waals surface area contributed by atoms with Gasteiger partial charge in [0.25, 0.3) is 5.91 Å². The van der Waals surface area contributed by atoms with Crippen molar-refractivity contribution in [1.82, 2.24) is 4.98 Å². The number of hydrogen-bond donors (Lipinski definition) is 1. The Kier molecular flexibility index (Phi) is 5.01. The minimum Gasteiger partial charge on any atom is -0.321 e. The van der Waals surface area contributed by atoms with Crippen molar-refractivity contribution in [3.05, 3.63) is 75.9 Å². The molecule has 0 radical (unpaired) electrons. The van der Waals surface area contributed by atoms with Crippen LogP contribution in [0.3, 0.4) is 0 Å². The molecule has 1 amide bonds. The summed E-state index contributed by atoms with van der Waals surface area (Å²) in [4.78, 5) is 16.9. The van der Waals surface area contributed by atoms with Crippen LogP contribution in [0, 0.1) is 25.2 Å². The third-order valence-electron chi connectivity index (χ3n) is 4.09. The van der Waals surface area contributed by atoms with Crippen molar-refractivity contribution in [2.45, 2.75) is 13.8 Å². The Balaban J connectivity index is 1.98. The summed E-state index contributed by atoms with van der Waals surface area (Å²) in [7, 11) is 0. The molecule has 0 spiro atoms. The number of anilines is 1. The number of hydrogen-bond acceptors (Lipinski definition) is 3. The highest BCUT2D eigenvalue weighted by molar-refractivity contribution is 6.31. The van der Waals surface area contributed by atoms with Crippen LogP contribution < -0.4 is 5.32 Å². The van der Waals surface area contributed by atoms with Crippen molar-refractivity contribution >= 4 is 40.2 Å². The number of carbonyl (C=O) groups is 1. The third-order valence-corrected chi connectivity index (χ3v) is 4.39. The second kappa shape index (κ2) is 7.38. The molecule has 3 aromatic rings. The molecule has 0 aliphatic carbocycles. The largest absolute Gasteiger partial charge is 0.321 e. The van der Waals surface area contributed by atoms with Gasteiger partial charge in [-0.2, -0.15) is 5.26 Å². The van der Waals surface area contributed by atoms with Crippen LogP contribution in [0.25, 0.3) is 17.0 Å². The number of aromatic nitrogens is 1. The minimum absolute atomic E-state index is 0.0380. The van der Waals surface area contributed by atoms with Crippen molar-refractivity contribution < 1.29 is 4.79 Å². The van der Waals surface area contributed by atoms with E-state index in [0.29, 0.717) is 11.3 Å². The average molecular weight is 362 g/mol. The van der Waals surface area contributed by atoms with Crippen LogP contribution in [0.4, 0.5) is 5.69 Å². The van der Waals surface area contributed by atoms with E-state index in [0.717, 1.165) is 22.0 Å². The standard InChI is InChI=1S/C21H16ClN3O/c1-13-6-3-4-9-18(13)24-21(26)17(12-23)11-16-10-15-8-5-7-14(2)19(15)25-20(16)22/h3-11H,1-2H3,(H,24,26)/b17-11+. The number of benzene rings is 2. The zero-order chi connectivity index (χ0) is 18.7. The van der Waals surface area contributed by atoms with E-state index in [1.807, 2.05) is 62.4 Å². The van der Waals surface area contributed by atoms with Crippen LogP contribution in [0.2, 0.25) is 5.15 Å². The van der Waals surface area contributed by atoms with E-state index < -0.39 is 5.91 Å². The van der Waals surface area contributed by atoms with Gasteiger partial charge in [0.1, 0.15) is 16.8 Å². The van der Waals surface area contributed by atoms with Crippen LogP contribution >= 0.6 is 11.6 Å². The van der Waals surface area contributed by atoms with Crippen molar-refractivity contribution in [2.24, 2.45) is 0 Å². The first-order chi connectivity index (χ1) is 12.5. The molecule has 4 nitrogen and oxygen atoms in total. The molecule has 1 aromatic heterocycles. The van der Waals surface area contributed by atoms with Gasteiger partial charge in [0.05, 0.1) is 5.52 Å². The number of para-hydroxylation sites is 2. The molecule has 0 saturated carbocycles. The molecule has 0 saturated heterocycles. The van der Waals surface area contributed by atoms with E-state index >= 15 is 0 Å². The molecule has 128 valence electrons. The van der Waals surface area contributed by atoms with Gasteiger partial charge in [-0.1, -0.05) is 48.0 Å². The summed E-state index contributed by atoms with van der Waals surface area (Å²) < 4.78 is 0. The zero-order valence-electron chi connectivity index (χ0n) is 14.4. The highest BCUT2D eigenvalue weighted by Gasteiger charge is 2.13. The first kappa shape index (κ1) is 17.7. The van der Waals surface area contributed by atoms with E-state index in [1.165, 1.54) is 6.08 Å². The highest BCUT2D eigenvalue weighted by atomic mass is 35.5. The minimum atomic E-state index is -0.484. The molecule has 0 bridgehead atoms. The molecule has 1 N–H and O–H groups in total. The lowest BCUT2D eigenvalue weighted by atomic mass is 10.1. The van der Waals surface area contributed by atoms with Crippen LogP contribution in [0.1, 0.15) is 16.7 Å². The van der Waals surface area contributed by atoms with Crippen molar-refractivity contribution in [2.75, 3.05) is 5.32 Å². The lowest BCUT2D eigenvalue weighted by Gasteiger charge is -2.08. The summed E-state index contributed by atoms with van der Waals surface area (Å²) in [5.41, 5.74) is 3.89. The summed E-state index contributed by atoms with van der Waals surface area (Å²) in [6.45, 7) is 3.84. The predicted molar refractivity (Wildman–Crippen MR) is 105 cm³/mol. The summed E-state index contributed by atoms with van der Waals surface area (Å²) in [5, 5.41) is 13.3. The van der Waals surface area contributed by atoms with E-state index in [2.05, 4.69) is 10.3 Å². The maximum absolute atomic E-state index is 12.5. The van der Waals surface area contributed by atoms with E-state index in [9.17, 15) is 10.1 Å². The second-order valence-electron chi connectivity index (χ2n) is 5.95. The summed E-state index contributed by atoms with van der Waals surface area (Å²) >= 11 is 6.27. The Bertz CT molecular complexity index is 1080. The summed E-state index contributed by atoms with van der Waals surface area (Å²) in [6.07, 6.45) is 1.46. The van der Waals surface area contributed by atoms with Crippen molar-refractivity contribution in [1.29, 1.82) is 5.26 Å². The number of carbonyl (C=O) groups excluding carboxylic acids is 1. The summed E-state index contributed by atoms with van der Waals surface area (Å²) in [5.74, 6) is -0.484. The van der Waals surface area contributed by atoms with Gasteiger partial charge in [0.15, 0.2) is 0 Å². The number of fused-ring (bicyclic) bond motifs is 1. The van der Waals surface area contributed by atoms with Crippen molar-refractivity contribution in [3.8, 4) is 6.07 Å². The molecule has 0 aliphatic rings. The van der Waals surface area contributed by atoms with E-state index in [4.69, 9.17) is 11.6 Å². The number of nitriles is 1. The Morgan fingerprint density at radius 2 is 1.88 bits per heavy atom. The molecule has 0 unspecified atom stereocenters. The molecule has 26 heavy (non-hydrogen) atoms. The second-order valence-corrected chi connectivity index (χ2v) is 6.31. The molecule has 2 aromatic carbocycles. The van der Waals surface area contributed by atoms with Crippen molar-refractivity contribution in [3.63, 3.8) is 0 Å². The number of nitrogens with one attached hydrogen (secondary N) is 1. The van der Waals surface area contributed by atoms with Crippen LogP contribution in [-0.4, -0.2) is 10.9 Å². The number of halogens is 1. The molecule has 3 rings (SSSR count). The Morgan fingerprint density at radius 1 is 1.15 bits per heavy atom. The molecule has 1 heterocycles. The molecule has 0 fully saturated rings. The fraction of sp³-hybridized carbons (Fsp3) is 0.0952. The fourth-order valence-corrected chi connectivity index (χ4v) is 2.84. The zero-order valence-corrected chi connectivity index (χ0v) is 15.1. The topological polar surface area (TPSA) is 65.8 Å². The molecular weight excluding hydrogens is 346 g/mol. The molecule has 5 heteroatoms. The predicted octanol–water partition coefficient (Wildman–Crippen LogP) is 5.05. The molecular formula is C21H16ClN3O. The van der Waals surface area contributed by atoms with E-state index in [1.54, 1.807) is 6.07 Å². The van der Waals surface area contributed by atoms with Gasteiger partial charge in [-0.15, -0.1) is 0 Å². The van der Waals surface area contributed by atoms with Crippen LogP contribution in [-0.2, 0) is 4.79 Å². The smallest absolute Gasteiger partial charge is 0.266 e. The number of nitrogens with zero attached hydrogens (tertiary/aromatic N) is 2. The van der Waals surface area contributed by atoms with Gasteiger partial charge in [-0.05, 0) is 43.2 Å². The quantitative estimate of drug-likeness (QED) is 0.403. The number of rotatable bonds is 3. The Labute approximate surface area is 156 Å². The Morgan fingerprint density at radius 3 is 2.62 bits per heavy atom. The molecule has 0 aliphatic heterocycles. The van der Waals surface area contributed by atoms with Gasteiger partial charge in [0.2, 0.25) is 0 Å². The normalized spacial score (nSPS) is 11.2. The fourth-order valence-electron chi connectivity index (χ4n) is 2.65. The number of amides is 1. The van der Waals surface area contributed by atoms with Crippen LogP contribution in [0.5, 0.6) is 0 Å². The molecule has 0 atom stereocenters. The van der Waals surface area contributed by atoms with Gasteiger partial charge in [-0.3, -0.25) is 4.79 Å². The average Bonchev–Trinajstić information content (AvgIpc) is 2.62. The maximum Gasteiger partial charge on any atom is 0.266 e. The van der Waals surface area contributed by atoms with E-state index in [-0.39, 0.29) is 10.7 Å². The van der Waals surface area contributed by atoms with Gasteiger partial charge in [-0.25, -0.2) is 4.98 Å². The van der Waals surface area contributed by atoms with Gasteiger partial charge >= 0.3 is 0 Å². The van der Waals surface area contributed by atoms with Crippen LogP contribution in [0.15, 0.2) is 54.1 Å². The first-order valence-electron chi connectivity index (χ1n) is 8.04. The first-order valence-corrected chi connectivity index (χ1v) is 8.42.